The summed E-state index contributed by atoms with van der Waals surface area (Å²) in [4.78, 5) is 14.3. The SMILES string of the molecule is CCCCC(C)N1C(=O)C(C(C)C)NC1C. The molecule has 0 saturated carbocycles. The molecule has 1 aliphatic rings. The predicted octanol–water partition coefficient (Wildman–Crippen LogP) is 2.37. The van der Waals surface area contributed by atoms with Crippen molar-refractivity contribution in [3.05, 3.63) is 0 Å². The highest BCUT2D eigenvalue weighted by Gasteiger charge is 2.39. The molecule has 3 nitrogen and oxygen atoms in total. The summed E-state index contributed by atoms with van der Waals surface area (Å²) in [7, 11) is 0. The summed E-state index contributed by atoms with van der Waals surface area (Å²) >= 11 is 0. The lowest BCUT2D eigenvalue weighted by Crippen LogP contribution is -2.41. The minimum Gasteiger partial charge on any atom is -0.323 e. The van der Waals surface area contributed by atoms with Crippen LogP contribution in [0.25, 0.3) is 0 Å². The molecule has 0 aromatic heterocycles. The monoisotopic (exact) mass is 226 g/mol. The van der Waals surface area contributed by atoms with Crippen molar-refractivity contribution in [2.45, 2.75) is 72.1 Å². The molecule has 3 unspecified atom stereocenters. The van der Waals surface area contributed by atoms with Crippen molar-refractivity contribution < 1.29 is 4.79 Å². The first kappa shape index (κ1) is 13.5. The smallest absolute Gasteiger partial charge is 0.241 e. The molecule has 0 aliphatic carbocycles. The third kappa shape index (κ3) is 2.76. The van der Waals surface area contributed by atoms with Crippen LogP contribution in [0.5, 0.6) is 0 Å². The Morgan fingerprint density at radius 2 is 2.00 bits per heavy atom. The van der Waals surface area contributed by atoms with Crippen LogP contribution >= 0.6 is 0 Å². The number of rotatable bonds is 5. The van der Waals surface area contributed by atoms with Gasteiger partial charge < -0.3 is 4.90 Å². The van der Waals surface area contributed by atoms with E-state index in [1.54, 1.807) is 0 Å². The van der Waals surface area contributed by atoms with Crippen LogP contribution in [0.4, 0.5) is 0 Å². The molecular weight excluding hydrogens is 200 g/mol. The van der Waals surface area contributed by atoms with E-state index in [0.717, 1.165) is 6.42 Å². The van der Waals surface area contributed by atoms with Gasteiger partial charge in [0.05, 0.1) is 12.2 Å². The van der Waals surface area contributed by atoms with E-state index in [2.05, 4.69) is 39.9 Å². The molecule has 1 N–H and O–H groups in total. The van der Waals surface area contributed by atoms with E-state index in [4.69, 9.17) is 0 Å². The van der Waals surface area contributed by atoms with E-state index >= 15 is 0 Å². The average Bonchev–Trinajstić information content (AvgIpc) is 2.51. The Hall–Kier alpha value is -0.570. The molecule has 0 bridgehead atoms. The first-order chi connectivity index (χ1) is 7.49. The summed E-state index contributed by atoms with van der Waals surface area (Å²) in [5.74, 6) is 0.657. The molecule has 1 amide bonds. The van der Waals surface area contributed by atoms with Gasteiger partial charge in [-0.2, -0.15) is 0 Å². The summed E-state index contributed by atoms with van der Waals surface area (Å²) < 4.78 is 0. The van der Waals surface area contributed by atoms with Crippen LogP contribution < -0.4 is 5.32 Å². The van der Waals surface area contributed by atoms with Gasteiger partial charge in [0.15, 0.2) is 0 Å². The van der Waals surface area contributed by atoms with Crippen molar-refractivity contribution in [2.24, 2.45) is 5.92 Å². The Morgan fingerprint density at radius 3 is 2.44 bits per heavy atom. The predicted molar refractivity (Wildman–Crippen MR) is 67.1 cm³/mol. The van der Waals surface area contributed by atoms with Gasteiger partial charge in [0.2, 0.25) is 5.91 Å². The molecule has 0 aromatic rings. The minimum absolute atomic E-state index is 0.0130. The number of nitrogens with zero attached hydrogens (tertiary/aromatic N) is 1. The molecular formula is C13H26N2O. The summed E-state index contributed by atoms with van der Waals surface area (Å²) in [6.07, 6.45) is 3.69. The van der Waals surface area contributed by atoms with Crippen LogP contribution in [0.2, 0.25) is 0 Å². The Balaban J connectivity index is 2.63. The van der Waals surface area contributed by atoms with Crippen LogP contribution in [0.3, 0.4) is 0 Å². The highest BCUT2D eigenvalue weighted by Crippen LogP contribution is 2.21. The van der Waals surface area contributed by atoms with Gasteiger partial charge in [-0.15, -0.1) is 0 Å². The molecule has 0 radical (unpaired) electrons. The lowest BCUT2D eigenvalue weighted by Gasteiger charge is -2.28. The molecule has 16 heavy (non-hydrogen) atoms. The second kappa shape index (κ2) is 5.67. The van der Waals surface area contributed by atoms with Crippen molar-refractivity contribution >= 4 is 5.91 Å². The number of hydrogen-bond acceptors (Lipinski definition) is 2. The van der Waals surface area contributed by atoms with E-state index in [1.807, 2.05) is 4.90 Å². The third-order valence-electron chi connectivity index (χ3n) is 3.48. The van der Waals surface area contributed by atoms with Gasteiger partial charge in [-0.3, -0.25) is 10.1 Å². The highest BCUT2D eigenvalue weighted by atomic mass is 16.2. The second-order valence-electron chi connectivity index (χ2n) is 5.30. The van der Waals surface area contributed by atoms with E-state index < -0.39 is 0 Å². The summed E-state index contributed by atoms with van der Waals surface area (Å²) in [6, 6.07) is 0.373. The molecule has 1 rings (SSSR count). The zero-order valence-corrected chi connectivity index (χ0v) is 11.3. The summed E-state index contributed by atoms with van der Waals surface area (Å²) in [5, 5.41) is 3.39. The number of hydrogen-bond donors (Lipinski definition) is 1. The van der Waals surface area contributed by atoms with Crippen molar-refractivity contribution in [2.75, 3.05) is 0 Å². The van der Waals surface area contributed by atoms with Crippen molar-refractivity contribution in [1.29, 1.82) is 0 Å². The normalized spacial score (nSPS) is 27.9. The zero-order valence-electron chi connectivity index (χ0n) is 11.3. The molecule has 1 fully saturated rings. The molecule has 3 heteroatoms. The van der Waals surface area contributed by atoms with Crippen molar-refractivity contribution in [3.63, 3.8) is 0 Å². The van der Waals surface area contributed by atoms with Gasteiger partial charge in [0.1, 0.15) is 0 Å². The van der Waals surface area contributed by atoms with E-state index in [9.17, 15) is 4.79 Å². The molecule has 0 aromatic carbocycles. The van der Waals surface area contributed by atoms with Crippen molar-refractivity contribution in [1.82, 2.24) is 10.2 Å². The Labute approximate surface area is 99.6 Å². The van der Waals surface area contributed by atoms with Gasteiger partial charge in [0, 0.05) is 6.04 Å². The molecule has 1 aliphatic heterocycles. The topological polar surface area (TPSA) is 32.3 Å². The molecule has 1 heterocycles. The van der Waals surface area contributed by atoms with Crippen LogP contribution in [-0.2, 0) is 4.79 Å². The van der Waals surface area contributed by atoms with Gasteiger partial charge in [-0.25, -0.2) is 0 Å². The standard InChI is InChI=1S/C13H26N2O/c1-6-7-8-10(4)15-11(5)14-12(9(2)3)13(15)16/h9-12,14H,6-8H2,1-5H3. The molecule has 1 saturated heterocycles. The molecule has 3 atom stereocenters. The van der Waals surface area contributed by atoms with Crippen LogP contribution in [0.1, 0.15) is 53.9 Å². The van der Waals surface area contributed by atoms with Crippen LogP contribution in [0.15, 0.2) is 0 Å². The first-order valence-corrected chi connectivity index (χ1v) is 6.57. The van der Waals surface area contributed by atoms with Gasteiger partial charge in [-0.05, 0) is 26.2 Å². The number of unbranched alkanes of at least 4 members (excludes halogenated alkanes) is 1. The van der Waals surface area contributed by atoms with E-state index in [-0.39, 0.29) is 18.1 Å². The van der Waals surface area contributed by atoms with Crippen molar-refractivity contribution in [3.8, 4) is 0 Å². The fourth-order valence-corrected chi connectivity index (χ4v) is 2.48. The first-order valence-electron chi connectivity index (χ1n) is 6.57. The molecule has 0 spiro atoms. The fourth-order valence-electron chi connectivity index (χ4n) is 2.48. The summed E-state index contributed by atoms with van der Waals surface area (Å²) in [5.41, 5.74) is 0. The van der Waals surface area contributed by atoms with Gasteiger partial charge >= 0.3 is 0 Å². The maximum absolute atomic E-state index is 12.2. The molecule has 94 valence electrons. The Morgan fingerprint density at radius 1 is 1.38 bits per heavy atom. The number of nitrogens with one attached hydrogen (secondary N) is 1. The maximum atomic E-state index is 12.2. The average molecular weight is 226 g/mol. The number of carbonyl (C=O) groups excluding carboxylic acids is 1. The van der Waals surface area contributed by atoms with Crippen LogP contribution in [-0.4, -0.2) is 29.1 Å². The zero-order chi connectivity index (χ0) is 12.3. The third-order valence-corrected chi connectivity index (χ3v) is 3.48. The Kier molecular flexibility index (Phi) is 4.78. The maximum Gasteiger partial charge on any atom is 0.241 e. The number of carbonyl (C=O) groups is 1. The Bertz CT molecular complexity index is 240. The lowest BCUT2D eigenvalue weighted by molar-refractivity contribution is -0.132. The minimum atomic E-state index is 0.0130. The van der Waals surface area contributed by atoms with Gasteiger partial charge in [0.25, 0.3) is 0 Å². The van der Waals surface area contributed by atoms with E-state index in [0.29, 0.717) is 12.0 Å². The number of amides is 1. The summed E-state index contributed by atoms with van der Waals surface area (Å²) in [6.45, 7) is 10.6. The lowest BCUT2D eigenvalue weighted by atomic mass is 10.0. The van der Waals surface area contributed by atoms with Gasteiger partial charge in [-0.1, -0.05) is 33.6 Å². The highest BCUT2D eigenvalue weighted by molar-refractivity contribution is 5.84. The van der Waals surface area contributed by atoms with Crippen LogP contribution in [0, 0.1) is 5.92 Å². The second-order valence-corrected chi connectivity index (χ2v) is 5.30. The fraction of sp³-hybridized carbons (Fsp3) is 0.923. The van der Waals surface area contributed by atoms with E-state index in [1.165, 1.54) is 12.8 Å². The largest absolute Gasteiger partial charge is 0.323 e. The quantitative estimate of drug-likeness (QED) is 0.780.